The first-order chi connectivity index (χ1) is 16.1. The normalized spacial score (nSPS) is 14.4. The molecule has 3 aromatic carbocycles. The standard InChI is InChI=1S/C28H28F3NO2/c1-17(5-4-6-18-9-11-20(12-10-18)28(29,30)31)15-24(27(33)34)26-23-16-19-7-2-3-8-21(19)22(23)13-14-25(26)32/h2-3,7-14,17,24H,4-6,15-16,32H2,1H3,(H,33,34). The quantitative estimate of drug-likeness (QED) is 0.272. The van der Waals surface area contributed by atoms with Crippen LogP contribution in [-0.2, 0) is 23.8 Å². The Labute approximate surface area is 197 Å². The van der Waals surface area contributed by atoms with E-state index in [0.29, 0.717) is 24.9 Å². The molecular weight excluding hydrogens is 439 g/mol. The van der Waals surface area contributed by atoms with E-state index in [4.69, 9.17) is 5.73 Å². The fourth-order valence-electron chi connectivity index (χ4n) is 5.04. The van der Waals surface area contributed by atoms with Gasteiger partial charge >= 0.3 is 12.1 Å². The number of rotatable bonds is 8. The number of fused-ring (bicyclic) bond motifs is 3. The van der Waals surface area contributed by atoms with E-state index in [0.717, 1.165) is 52.8 Å². The van der Waals surface area contributed by atoms with E-state index < -0.39 is 23.6 Å². The van der Waals surface area contributed by atoms with Crippen molar-refractivity contribution in [3.05, 3.63) is 88.5 Å². The summed E-state index contributed by atoms with van der Waals surface area (Å²) in [7, 11) is 0. The van der Waals surface area contributed by atoms with E-state index in [1.807, 2.05) is 31.2 Å². The molecule has 3 nitrogen and oxygen atoms in total. The van der Waals surface area contributed by atoms with E-state index in [1.54, 1.807) is 0 Å². The first-order valence-electron chi connectivity index (χ1n) is 11.5. The first-order valence-corrected chi connectivity index (χ1v) is 11.5. The van der Waals surface area contributed by atoms with Gasteiger partial charge in [0.2, 0.25) is 0 Å². The molecule has 3 N–H and O–H groups in total. The number of carboxylic acid groups (broad SMARTS) is 1. The number of benzene rings is 3. The zero-order valence-corrected chi connectivity index (χ0v) is 19.0. The smallest absolute Gasteiger partial charge is 0.416 e. The molecule has 178 valence electrons. The largest absolute Gasteiger partial charge is 0.481 e. The van der Waals surface area contributed by atoms with Gasteiger partial charge in [0.05, 0.1) is 11.5 Å². The Morgan fingerprint density at radius 3 is 2.41 bits per heavy atom. The second-order valence-electron chi connectivity index (χ2n) is 9.25. The van der Waals surface area contributed by atoms with Crippen LogP contribution in [-0.4, -0.2) is 11.1 Å². The van der Waals surface area contributed by atoms with Gasteiger partial charge in [-0.2, -0.15) is 13.2 Å². The molecule has 4 rings (SSSR count). The van der Waals surface area contributed by atoms with Crippen LogP contribution in [0.1, 0.15) is 59.9 Å². The molecule has 0 aromatic heterocycles. The van der Waals surface area contributed by atoms with E-state index >= 15 is 0 Å². The summed E-state index contributed by atoms with van der Waals surface area (Å²) in [6.07, 6.45) is -0.998. The van der Waals surface area contributed by atoms with Crippen molar-refractivity contribution in [1.82, 2.24) is 0 Å². The van der Waals surface area contributed by atoms with E-state index in [9.17, 15) is 23.1 Å². The van der Waals surface area contributed by atoms with Crippen molar-refractivity contribution < 1.29 is 23.1 Å². The van der Waals surface area contributed by atoms with Crippen molar-refractivity contribution in [2.75, 3.05) is 5.73 Å². The van der Waals surface area contributed by atoms with Gasteiger partial charge in [-0.05, 0) is 83.2 Å². The lowest BCUT2D eigenvalue weighted by molar-refractivity contribution is -0.139. The lowest BCUT2D eigenvalue weighted by Gasteiger charge is -2.22. The predicted molar refractivity (Wildman–Crippen MR) is 128 cm³/mol. The number of nitrogen functional groups attached to an aromatic ring is 1. The highest BCUT2D eigenvalue weighted by Crippen LogP contribution is 2.44. The molecule has 0 spiro atoms. The zero-order valence-electron chi connectivity index (χ0n) is 19.0. The molecule has 6 heteroatoms. The van der Waals surface area contributed by atoms with Gasteiger partial charge in [0.15, 0.2) is 0 Å². The van der Waals surface area contributed by atoms with Crippen LogP contribution in [0.4, 0.5) is 18.9 Å². The van der Waals surface area contributed by atoms with Gasteiger partial charge in [0, 0.05) is 5.69 Å². The molecular formula is C28H28F3NO2. The van der Waals surface area contributed by atoms with Gasteiger partial charge in [0.25, 0.3) is 0 Å². The lowest BCUT2D eigenvalue weighted by atomic mass is 9.83. The van der Waals surface area contributed by atoms with Crippen LogP contribution in [0.3, 0.4) is 0 Å². The highest BCUT2D eigenvalue weighted by molar-refractivity contribution is 5.86. The Hall–Kier alpha value is -3.28. The van der Waals surface area contributed by atoms with Gasteiger partial charge in [-0.1, -0.05) is 55.8 Å². The Bertz CT molecular complexity index is 1190. The van der Waals surface area contributed by atoms with E-state index in [1.165, 1.54) is 17.7 Å². The first kappa shape index (κ1) is 23.9. The van der Waals surface area contributed by atoms with Crippen molar-refractivity contribution >= 4 is 11.7 Å². The number of hydrogen-bond acceptors (Lipinski definition) is 2. The Kier molecular flexibility index (Phi) is 6.69. The third-order valence-corrected chi connectivity index (χ3v) is 6.79. The maximum Gasteiger partial charge on any atom is 0.416 e. The van der Waals surface area contributed by atoms with Crippen molar-refractivity contribution in [3.8, 4) is 11.1 Å². The molecule has 2 atom stereocenters. The molecule has 0 amide bonds. The summed E-state index contributed by atoms with van der Waals surface area (Å²) in [6, 6.07) is 17.1. The average molecular weight is 468 g/mol. The topological polar surface area (TPSA) is 63.3 Å². The lowest BCUT2D eigenvalue weighted by Crippen LogP contribution is -2.18. The van der Waals surface area contributed by atoms with Gasteiger partial charge < -0.3 is 10.8 Å². The number of carbonyl (C=O) groups is 1. The molecule has 0 fully saturated rings. The molecule has 0 saturated carbocycles. The van der Waals surface area contributed by atoms with Crippen LogP contribution in [0.5, 0.6) is 0 Å². The third-order valence-electron chi connectivity index (χ3n) is 6.79. The Morgan fingerprint density at radius 1 is 1.03 bits per heavy atom. The van der Waals surface area contributed by atoms with Crippen molar-refractivity contribution in [1.29, 1.82) is 0 Å². The maximum atomic E-state index is 12.7. The number of aliphatic carboxylic acids is 1. The summed E-state index contributed by atoms with van der Waals surface area (Å²) in [5, 5.41) is 10.1. The summed E-state index contributed by atoms with van der Waals surface area (Å²) >= 11 is 0. The van der Waals surface area contributed by atoms with Crippen LogP contribution in [0.25, 0.3) is 11.1 Å². The van der Waals surface area contributed by atoms with Gasteiger partial charge in [0.1, 0.15) is 0 Å². The Morgan fingerprint density at radius 2 is 1.74 bits per heavy atom. The van der Waals surface area contributed by atoms with Crippen LogP contribution < -0.4 is 5.73 Å². The monoisotopic (exact) mass is 467 g/mol. The fraction of sp³-hybridized carbons (Fsp3) is 0.321. The summed E-state index contributed by atoms with van der Waals surface area (Å²) in [6.45, 7) is 2.02. The van der Waals surface area contributed by atoms with Crippen molar-refractivity contribution in [2.45, 2.75) is 51.1 Å². The second-order valence-corrected chi connectivity index (χ2v) is 9.25. The van der Waals surface area contributed by atoms with Gasteiger partial charge in [-0.15, -0.1) is 0 Å². The number of halogens is 3. The SMILES string of the molecule is CC(CCCc1ccc(C(F)(F)F)cc1)CC(C(=O)O)c1c(N)ccc2c1Cc1ccccc1-2. The molecule has 1 aliphatic rings. The van der Waals surface area contributed by atoms with Crippen LogP contribution in [0.15, 0.2) is 60.7 Å². The van der Waals surface area contributed by atoms with Crippen LogP contribution >= 0.6 is 0 Å². The highest BCUT2D eigenvalue weighted by Gasteiger charge is 2.31. The zero-order chi connectivity index (χ0) is 24.5. The molecule has 0 saturated heterocycles. The molecule has 0 radical (unpaired) electrons. The average Bonchev–Trinajstić information content (AvgIpc) is 3.16. The van der Waals surface area contributed by atoms with Crippen molar-refractivity contribution in [2.24, 2.45) is 5.92 Å². The molecule has 0 bridgehead atoms. The number of alkyl halides is 3. The van der Waals surface area contributed by atoms with E-state index in [-0.39, 0.29) is 5.92 Å². The minimum atomic E-state index is -4.33. The minimum absolute atomic E-state index is 0.120. The summed E-state index contributed by atoms with van der Waals surface area (Å²) < 4.78 is 38.2. The van der Waals surface area contributed by atoms with Gasteiger partial charge in [-0.25, -0.2) is 0 Å². The molecule has 2 unspecified atom stereocenters. The predicted octanol–water partition coefficient (Wildman–Crippen LogP) is 7.08. The summed E-state index contributed by atoms with van der Waals surface area (Å²) in [5.74, 6) is -1.47. The minimum Gasteiger partial charge on any atom is -0.481 e. The number of nitrogens with two attached hydrogens (primary N) is 1. The second kappa shape index (κ2) is 9.53. The maximum absolute atomic E-state index is 12.7. The number of aryl methyl sites for hydroxylation is 1. The Balaban J connectivity index is 1.44. The summed E-state index contributed by atoms with van der Waals surface area (Å²) in [4.78, 5) is 12.3. The fourth-order valence-corrected chi connectivity index (χ4v) is 5.04. The highest BCUT2D eigenvalue weighted by atomic mass is 19.4. The van der Waals surface area contributed by atoms with Crippen LogP contribution in [0.2, 0.25) is 0 Å². The number of anilines is 1. The van der Waals surface area contributed by atoms with E-state index in [2.05, 4.69) is 12.1 Å². The molecule has 0 aliphatic heterocycles. The van der Waals surface area contributed by atoms with Crippen LogP contribution in [0, 0.1) is 5.92 Å². The summed E-state index contributed by atoms with van der Waals surface area (Å²) in [5.41, 5.74) is 12.1. The van der Waals surface area contributed by atoms with Gasteiger partial charge in [-0.3, -0.25) is 4.79 Å². The number of hydrogen-bond donors (Lipinski definition) is 2. The van der Waals surface area contributed by atoms with Crippen molar-refractivity contribution in [3.63, 3.8) is 0 Å². The molecule has 1 aliphatic carbocycles. The molecule has 3 aromatic rings. The molecule has 0 heterocycles. The number of carboxylic acids is 1. The molecule has 34 heavy (non-hydrogen) atoms. The third kappa shape index (κ3) is 4.96.